The molecule has 12 aromatic rings. The van der Waals surface area contributed by atoms with Crippen LogP contribution in [0.5, 0.6) is 0 Å². The zero-order valence-corrected chi connectivity index (χ0v) is 33.5. The van der Waals surface area contributed by atoms with E-state index < -0.39 is 0 Å². The quantitative estimate of drug-likeness (QED) is 0.161. The van der Waals surface area contributed by atoms with E-state index in [-0.39, 0.29) is 0 Å². The van der Waals surface area contributed by atoms with Crippen molar-refractivity contribution in [3.05, 3.63) is 218 Å². The lowest BCUT2D eigenvalue weighted by Crippen LogP contribution is -2.06. The first-order chi connectivity index (χ1) is 30.7. The summed E-state index contributed by atoms with van der Waals surface area (Å²) in [7, 11) is 0. The molecule has 4 heterocycles. The van der Waals surface area contributed by atoms with Crippen LogP contribution in [0.3, 0.4) is 0 Å². The van der Waals surface area contributed by atoms with Gasteiger partial charge in [-0.25, -0.2) is 9.97 Å². The van der Waals surface area contributed by atoms with Gasteiger partial charge in [-0.05, 0) is 65.7 Å². The summed E-state index contributed by atoms with van der Waals surface area (Å²) in [5.74, 6) is 1.72. The van der Waals surface area contributed by atoms with E-state index in [2.05, 4.69) is 197 Å². The minimum Gasteiger partial charge on any atom is -0.309 e. The average molecular weight is 793 g/mol. The Morgan fingerprint density at radius 3 is 1.37 bits per heavy atom. The third-order valence-electron chi connectivity index (χ3n) is 11.8. The second-order valence-electron chi connectivity index (χ2n) is 15.5. The van der Waals surface area contributed by atoms with Gasteiger partial charge in [0.05, 0.1) is 33.5 Å². The summed E-state index contributed by atoms with van der Waals surface area (Å²) in [4.78, 5) is 21.0. The second kappa shape index (κ2) is 14.7. The summed E-state index contributed by atoms with van der Waals surface area (Å²) < 4.78 is 4.57. The molecule has 0 amide bonds. The lowest BCUT2D eigenvalue weighted by atomic mass is 9.99. The summed E-state index contributed by atoms with van der Waals surface area (Å²) in [5, 5.41) is 4.59. The van der Waals surface area contributed by atoms with Crippen molar-refractivity contribution in [1.82, 2.24) is 29.1 Å². The van der Waals surface area contributed by atoms with Gasteiger partial charge in [0, 0.05) is 49.5 Å². The molecule has 0 atom stereocenters. The summed E-state index contributed by atoms with van der Waals surface area (Å²) in [6.45, 7) is 0. The number of aromatic nitrogens is 6. The van der Waals surface area contributed by atoms with Gasteiger partial charge in [0.1, 0.15) is 0 Å². The Labute approximate surface area is 357 Å². The number of hydrogen-bond acceptors (Lipinski definition) is 4. The van der Waals surface area contributed by atoms with Crippen LogP contribution in [0.1, 0.15) is 0 Å². The molecule has 290 valence electrons. The molecule has 0 spiro atoms. The van der Waals surface area contributed by atoms with Gasteiger partial charge in [-0.1, -0.05) is 164 Å². The highest BCUT2D eigenvalue weighted by Gasteiger charge is 2.21. The third kappa shape index (κ3) is 6.04. The molecular weight excluding hydrogens is 757 g/mol. The maximum Gasteiger partial charge on any atom is 0.238 e. The van der Waals surface area contributed by atoms with Crippen LogP contribution in [0.2, 0.25) is 0 Å². The molecule has 0 N–H and O–H groups in total. The monoisotopic (exact) mass is 792 g/mol. The molecule has 0 fully saturated rings. The van der Waals surface area contributed by atoms with E-state index in [1.807, 2.05) is 30.3 Å². The number of hydrogen-bond donors (Lipinski definition) is 0. The van der Waals surface area contributed by atoms with Crippen LogP contribution >= 0.6 is 0 Å². The second-order valence-corrected chi connectivity index (χ2v) is 15.5. The maximum atomic E-state index is 5.35. The number of benzene rings is 8. The van der Waals surface area contributed by atoms with E-state index >= 15 is 0 Å². The maximum absolute atomic E-state index is 5.35. The molecule has 8 aromatic carbocycles. The van der Waals surface area contributed by atoms with Crippen molar-refractivity contribution in [3.8, 4) is 68.1 Å². The molecule has 0 saturated carbocycles. The van der Waals surface area contributed by atoms with Gasteiger partial charge in [0.15, 0.2) is 11.6 Å². The molecule has 12 rings (SSSR count). The summed E-state index contributed by atoms with van der Waals surface area (Å²) in [5.41, 5.74) is 13.3. The van der Waals surface area contributed by atoms with Crippen LogP contribution < -0.4 is 0 Å². The molecule has 0 bridgehead atoms. The Balaban J connectivity index is 1.08. The van der Waals surface area contributed by atoms with E-state index in [9.17, 15) is 0 Å². The predicted molar refractivity (Wildman–Crippen MR) is 253 cm³/mol. The van der Waals surface area contributed by atoms with Gasteiger partial charge in [-0.3, -0.25) is 4.57 Å². The van der Waals surface area contributed by atoms with Gasteiger partial charge in [-0.2, -0.15) is 9.97 Å². The normalized spacial score (nSPS) is 11.5. The van der Waals surface area contributed by atoms with E-state index in [1.54, 1.807) is 0 Å². The standard InChI is InChI=1S/C56H36N6/c1-5-18-37(19-6-1)42-33-48(38-20-7-2-8-21-38)57-49(34-42)40-24-17-25-41(32-40)55-58-54(39-22-9-3-10-23-39)59-56(60-55)62-51-31-16-14-29-45(51)47-35-52-46(36-53(47)62)44-28-13-15-30-50(44)61(52)43-26-11-4-12-27-43/h1-36H. The van der Waals surface area contributed by atoms with Crippen molar-refractivity contribution in [2.24, 2.45) is 0 Å². The molecule has 0 aliphatic rings. The molecule has 0 saturated heterocycles. The molecule has 0 aliphatic heterocycles. The fourth-order valence-corrected chi connectivity index (χ4v) is 8.86. The summed E-state index contributed by atoms with van der Waals surface area (Å²) in [6, 6.07) is 76.2. The summed E-state index contributed by atoms with van der Waals surface area (Å²) >= 11 is 0. The molecule has 6 nitrogen and oxygen atoms in total. The van der Waals surface area contributed by atoms with Gasteiger partial charge >= 0.3 is 0 Å². The van der Waals surface area contributed by atoms with E-state index in [0.29, 0.717) is 17.6 Å². The Hall–Kier alpha value is -8.48. The zero-order chi connectivity index (χ0) is 41.0. The van der Waals surface area contributed by atoms with Crippen LogP contribution in [0.25, 0.3) is 112 Å². The Bertz CT molecular complexity index is 3560. The van der Waals surface area contributed by atoms with Crippen LogP contribution in [-0.2, 0) is 0 Å². The number of para-hydroxylation sites is 3. The fourth-order valence-electron chi connectivity index (χ4n) is 8.86. The SMILES string of the molecule is c1ccc(-c2cc(-c3ccccc3)nc(-c3cccc(-c4nc(-c5ccccc5)nc(-n5c6ccccc6c6cc7c(cc65)c5ccccc5n7-c5ccccc5)n4)c3)c2)cc1. The smallest absolute Gasteiger partial charge is 0.238 e. The van der Waals surface area contributed by atoms with E-state index in [4.69, 9.17) is 19.9 Å². The number of fused-ring (bicyclic) bond motifs is 6. The highest BCUT2D eigenvalue weighted by molar-refractivity contribution is 6.19. The Morgan fingerprint density at radius 1 is 0.258 bits per heavy atom. The van der Waals surface area contributed by atoms with Crippen molar-refractivity contribution < 1.29 is 0 Å². The number of rotatable bonds is 7. The van der Waals surface area contributed by atoms with Crippen LogP contribution in [0.15, 0.2) is 218 Å². The lowest BCUT2D eigenvalue weighted by Gasteiger charge is -2.13. The Kier molecular flexibility index (Phi) is 8.38. The van der Waals surface area contributed by atoms with Crippen molar-refractivity contribution >= 4 is 43.6 Å². The minimum absolute atomic E-state index is 0.548. The number of nitrogens with zero attached hydrogens (tertiary/aromatic N) is 6. The predicted octanol–water partition coefficient (Wildman–Crippen LogP) is 13.8. The molecular formula is C56H36N6. The Morgan fingerprint density at radius 2 is 0.726 bits per heavy atom. The molecule has 0 unspecified atom stereocenters. The van der Waals surface area contributed by atoms with Crippen molar-refractivity contribution in [2.75, 3.05) is 0 Å². The molecule has 0 aliphatic carbocycles. The minimum atomic E-state index is 0.548. The van der Waals surface area contributed by atoms with E-state index in [0.717, 1.165) is 88.7 Å². The van der Waals surface area contributed by atoms with Gasteiger partial charge in [0.25, 0.3) is 0 Å². The molecule has 0 radical (unpaired) electrons. The first-order valence-electron chi connectivity index (χ1n) is 20.8. The van der Waals surface area contributed by atoms with Crippen molar-refractivity contribution in [2.45, 2.75) is 0 Å². The zero-order valence-electron chi connectivity index (χ0n) is 33.5. The molecule has 4 aromatic heterocycles. The lowest BCUT2D eigenvalue weighted by molar-refractivity contribution is 0.954. The first kappa shape index (κ1) is 35.5. The van der Waals surface area contributed by atoms with Crippen molar-refractivity contribution in [1.29, 1.82) is 0 Å². The molecule has 6 heteroatoms. The molecule has 62 heavy (non-hydrogen) atoms. The van der Waals surface area contributed by atoms with Gasteiger partial charge in [0.2, 0.25) is 5.95 Å². The van der Waals surface area contributed by atoms with Gasteiger partial charge in [-0.15, -0.1) is 0 Å². The summed E-state index contributed by atoms with van der Waals surface area (Å²) in [6.07, 6.45) is 0. The topological polar surface area (TPSA) is 61.4 Å². The third-order valence-corrected chi connectivity index (χ3v) is 11.8. The van der Waals surface area contributed by atoms with Crippen LogP contribution in [0.4, 0.5) is 0 Å². The number of pyridine rings is 1. The van der Waals surface area contributed by atoms with Crippen LogP contribution in [0, 0.1) is 0 Å². The highest BCUT2D eigenvalue weighted by Crippen LogP contribution is 2.40. The highest BCUT2D eigenvalue weighted by atomic mass is 15.2. The largest absolute Gasteiger partial charge is 0.309 e. The van der Waals surface area contributed by atoms with Crippen LogP contribution in [-0.4, -0.2) is 29.1 Å². The van der Waals surface area contributed by atoms with Crippen molar-refractivity contribution in [3.63, 3.8) is 0 Å². The first-order valence-corrected chi connectivity index (χ1v) is 20.8. The average Bonchev–Trinajstić information content (AvgIpc) is 3.86. The fraction of sp³-hybridized carbons (Fsp3) is 0. The van der Waals surface area contributed by atoms with E-state index in [1.165, 1.54) is 5.39 Å². The van der Waals surface area contributed by atoms with Gasteiger partial charge < -0.3 is 4.57 Å².